The Hall–Kier alpha value is -1.30. The summed E-state index contributed by atoms with van der Waals surface area (Å²) in [6.07, 6.45) is 4.68. The molecule has 1 aromatic heterocycles. The Morgan fingerprint density at radius 1 is 1.62 bits per heavy atom. The molecule has 0 saturated carbocycles. The van der Waals surface area contributed by atoms with Crippen molar-refractivity contribution in [2.24, 2.45) is 0 Å². The third kappa shape index (κ3) is 2.59. The molecule has 0 aliphatic heterocycles. The van der Waals surface area contributed by atoms with Crippen molar-refractivity contribution in [2.45, 2.75) is 39.7 Å². The summed E-state index contributed by atoms with van der Waals surface area (Å²) in [6, 6.07) is 2.15. The fraction of sp³-hybridized carbons (Fsp3) is 0.600. The minimum atomic E-state index is 0.562. The molecule has 3 nitrogen and oxygen atoms in total. The number of rotatable bonds is 4. The van der Waals surface area contributed by atoms with Gasteiger partial charge in [0.25, 0.3) is 0 Å². The van der Waals surface area contributed by atoms with Crippen molar-refractivity contribution in [3.63, 3.8) is 0 Å². The van der Waals surface area contributed by atoms with Crippen LogP contribution in [0.5, 0.6) is 0 Å². The van der Waals surface area contributed by atoms with Crippen LogP contribution in [0.15, 0.2) is 6.20 Å². The van der Waals surface area contributed by atoms with E-state index < -0.39 is 0 Å². The molecule has 0 unspecified atom stereocenters. The van der Waals surface area contributed by atoms with Gasteiger partial charge in [0, 0.05) is 19.2 Å². The molecule has 0 radical (unpaired) electrons. The molecule has 70 valence electrons. The number of aromatic nitrogens is 2. The van der Waals surface area contributed by atoms with Crippen molar-refractivity contribution in [2.75, 3.05) is 0 Å². The van der Waals surface area contributed by atoms with Crippen LogP contribution in [0.2, 0.25) is 0 Å². The van der Waals surface area contributed by atoms with Gasteiger partial charge >= 0.3 is 0 Å². The van der Waals surface area contributed by atoms with Crippen molar-refractivity contribution in [3.05, 3.63) is 17.7 Å². The minimum absolute atomic E-state index is 0.562. The molecule has 0 saturated heterocycles. The van der Waals surface area contributed by atoms with E-state index in [0.29, 0.717) is 6.42 Å². The van der Waals surface area contributed by atoms with Crippen LogP contribution >= 0.6 is 0 Å². The maximum absolute atomic E-state index is 8.47. The quantitative estimate of drug-likeness (QED) is 0.706. The van der Waals surface area contributed by atoms with E-state index in [2.05, 4.69) is 22.5 Å². The van der Waals surface area contributed by atoms with Gasteiger partial charge in [-0.25, -0.2) is 4.98 Å². The topological polar surface area (TPSA) is 41.6 Å². The van der Waals surface area contributed by atoms with E-state index in [9.17, 15) is 0 Å². The second-order valence-corrected chi connectivity index (χ2v) is 3.15. The third-order valence-electron chi connectivity index (χ3n) is 1.92. The van der Waals surface area contributed by atoms with E-state index in [-0.39, 0.29) is 0 Å². The van der Waals surface area contributed by atoms with Gasteiger partial charge in [0.05, 0.1) is 18.2 Å². The van der Waals surface area contributed by atoms with Gasteiger partial charge in [-0.15, -0.1) is 0 Å². The summed E-state index contributed by atoms with van der Waals surface area (Å²) in [5.74, 6) is 1.11. The van der Waals surface area contributed by atoms with E-state index in [1.165, 1.54) is 0 Å². The minimum Gasteiger partial charge on any atom is -0.334 e. The van der Waals surface area contributed by atoms with Crippen LogP contribution in [0.25, 0.3) is 0 Å². The predicted octanol–water partition coefficient (Wildman–Crippen LogP) is 2.06. The average molecular weight is 177 g/mol. The Balaban J connectivity index is 2.73. The molecule has 1 aromatic rings. The van der Waals surface area contributed by atoms with E-state index in [1.54, 1.807) is 0 Å². The van der Waals surface area contributed by atoms with Crippen molar-refractivity contribution in [1.82, 2.24) is 9.55 Å². The highest BCUT2D eigenvalue weighted by Gasteiger charge is 2.03. The summed E-state index contributed by atoms with van der Waals surface area (Å²) in [7, 11) is 0. The summed E-state index contributed by atoms with van der Waals surface area (Å²) >= 11 is 0. The summed E-state index contributed by atoms with van der Waals surface area (Å²) in [4.78, 5) is 4.41. The van der Waals surface area contributed by atoms with Gasteiger partial charge in [-0.05, 0) is 13.3 Å². The molecule has 0 amide bonds. The van der Waals surface area contributed by atoms with Crippen LogP contribution in [0.3, 0.4) is 0 Å². The molecular formula is C10H15N3. The zero-order valence-corrected chi connectivity index (χ0v) is 8.25. The van der Waals surface area contributed by atoms with Gasteiger partial charge < -0.3 is 4.57 Å². The van der Waals surface area contributed by atoms with Gasteiger partial charge in [0.2, 0.25) is 0 Å². The van der Waals surface area contributed by atoms with Crippen LogP contribution in [0, 0.1) is 18.3 Å². The lowest BCUT2D eigenvalue weighted by atomic mass is 10.3. The number of nitrogens with zero attached hydrogens (tertiary/aromatic N) is 3. The highest BCUT2D eigenvalue weighted by molar-refractivity contribution is 5.02. The van der Waals surface area contributed by atoms with E-state index in [4.69, 9.17) is 5.26 Å². The predicted molar refractivity (Wildman–Crippen MR) is 51.2 cm³/mol. The Labute approximate surface area is 79.0 Å². The lowest BCUT2D eigenvalue weighted by molar-refractivity contribution is 0.655. The van der Waals surface area contributed by atoms with E-state index >= 15 is 0 Å². The van der Waals surface area contributed by atoms with Crippen LogP contribution in [-0.4, -0.2) is 9.55 Å². The Bertz CT molecular complexity index is 306. The molecule has 0 aliphatic rings. The zero-order valence-electron chi connectivity index (χ0n) is 8.25. The van der Waals surface area contributed by atoms with Crippen molar-refractivity contribution in [1.29, 1.82) is 5.26 Å². The van der Waals surface area contributed by atoms with Gasteiger partial charge in [-0.3, -0.25) is 0 Å². The fourth-order valence-electron chi connectivity index (χ4n) is 1.38. The van der Waals surface area contributed by atoms with E-state index in [0.717, 1.165) is 30.9 Å². The summed E-state index contributed by atoms with van der Waals surface area (Å²) in [5, 5.41) is 8.47. The smallest absolute Gasteiger partial charge is 0.108 e. The standard InChI is InChI=1S/C10H15N3/c1-3-5-10-12-9(2)8-13(10)7-4-6-11/h8H,3-5,7H2,1-2H3. The van der Waals surface area contributed by atoms with Gasteiger partial charge in [-0.2, -0.15) is 5.26 Å². The van der Waals surface area contributed by atoms with Crippen LogP contribution in [0.1, 0.15) is 31.3 Å². The summed E-state index contributed by atoms with van der Waals surface area (Å²) in [5.41, 5.74) is 1.04. The van der Waals surface area contributed by atoms with Crippen LogP contribution in [0.4, 0.5) is 0 Å². The summed E-state index contributed by atoms with van der Waals surface area (Å²) < 4.78 is 2.09. The highest BCUT2D eigenvalue weighted by Crippen LogP contribution is 2.05. The van der Waals surface area contributed by atoms with E-state index in [1.807, 2.05) is 13.1 Å². The number of imidazole rings is 1. The molecule has 1 rings (SSSR count). The molecule has 0 aliphatic carbocycles. The number of hydrogen-bond donors (Lipinski definition) is 0. The monoisotopic (exact) mass is 177 g/mol. The Morgan fingerprint density at radius 2 is 2.38 bits per heavy atom. The van der Waals surface area contributed by atoms with Crippen molar-refractivity contribution in [3.8, 4) is 6.07 Å². The molecule has 13 heavy (non-hydrogen) atoms. The second kappa shape index (κ2) is 4.66. The first-order valence-electron chi connectivity index (χ1n) is 4.67. The maximum atomic E-state index is 8.47. The lowest BCUT2D eigenvalue weighted by Crippen LogP contribution is -2.02. The SMILES string of the molecule is CCCc1nc(C)cn1CCC#N. The van der Waals surface area contributed by atoms with Crippen molar-refractivity contribution >= 4 is 0 Å². The molecule has 0 spiro atoms. The number of hydrogen-bond acceptors (Lipinski definition) is 2. The first-order valence-corrected chi connectivity index (χ1v) is 4.67. The normalized spacial score (nSPS) is 9.92. The largest absolute Gasteiger partial charge is 0.334 e. The Morgan fingerprint density at radius 3 is 3.00 bits per heavy atom. The average Bonchev–Trinajstić information content (AvgIpc) is 2.44. The molecule has 0 N–H and O–H groups in total. The number of nitriles is 1. The molecule has 0 atom stereocenters. The maximum Gasteiger partial charge on any atom is 0.108 e. The second-order valence-electron chi connectivity index (χ2n) is 3.15. The first-order chi connectivity index (χ1) is 6.27. The molecular weight excluding hydrogens is 162 g/mol. The lowest BCUT2D eigenvalue weighted by Gasteiger charge is -2.02. The molecule has 0 bridgehead atoms. The van der Waals surface area contributed by atoms with Gasteiger partial charge in [-0.1, -0.05) is 6.92 Å². The molecule has 0 aromatic carbocycles. The van der Waals surface area contributed by atoms with Gasteiger partial charge in [0.15, 0.2) is 0 Å². The fourth-order valence-corrected chi connectivity index (χ4v) is 1.38. The van der Waals surface area contributed by atoms with Crippen LogP contribution < -0.4 is 0 Å². The van der Waals surface area contributed by atoms with Crippen molar-refractivity contribution < 1.29 is 0 Å². The third-order valence-corrected chi connectivity index (χ3v) is 1.92. The highest BCUT2D eigenvalue weighted by atomic mass is 15.1. The van der Waals surface area contributed by atoms with Crippen LogP contribution in [-0.2, 0) is 13.0 Å². The number of aryl methyl sites for hydroxylation is 3. The van der Waals surface area contributed by atoms with Gasteiger partial charge in [0.1, 0.15) is 5.82 Å². The molecule has 1 heterocycles. The zero-order chi connectivity index (χ0) is 9.68. The summed E-state index contributed by atoms with van der Waals surface area (Å²) in [6.45, 7) is 4.90. The molecule has 0 fully saturated rings. The molecule has 3 heteroatoms. The first kappa shape index (κ1) is 9.79. The Kier molecular flexibility index (Phi) is 3.51.